The quantitative estimate of drug-likeness (QED) is 0.859. The average Bonchev–Trinajstić information content (AvgIpc) is 2.76. The molecule has 0 saturated heterocycles. The first kappa shape index (κ1) is 12.6. The number of imidazole rings is 1. The van der Waals surface area contributed by atoms with Crippen LogP contribution in [0.25, 0.3) is 11.0 Å². The van der Waals surface area contributed by atoms with E-state index in [-0.39, 0.29) is 5.91 Å². The van der Waals surface area contributed by atoms with Crippen molar-refractivity contribution >= 4 is 16.9 Å². The van der Waals surface area contributed by atoms with E-state index >= 15 is 0 Å². The van der Waals surface area contributed by atoms with Gasteiger partial charge in [-0.3, -0.25) is 4.79 Å². The number of fused-ring (bicyclic) bond motifs is 1. The van der Waals surface area contributed by atoms with Crippen LogP contribution in [0.15, 0.2) is 24.5 Å². The van der Waals surface area contributed by atoms with Crippen molar-refractivity contribution in [2.75, 3.05) is 20.2 Å². The van der Waals surface area contributed by atoms with Gasteiger partial charge in [0.2, 0.25) is 5.91 Å². The van der Waals surface area contributed by atoms with Gasteiger partial charge in [-0.1, -0.05) is 6.07 Å². The number of hydrogen-bond acceptors (Lipinski definition) is 3. The highest BCUT2D eigenvalue weighted by molar-refractivity contribution is 5.77. The van der Waals surface area contributed by atoms with E-state index in [0.717, 1.165) is 23.0 Å². The van der Waals surface area contributed by atoms with Crippen LogP contribution < -0.4 is 0 Å². The highest BCUT2D eigenvalue weighted by atomic mass is 16.3. The van der Waals surface area contributed by atoms with E-state index in [2.05, 4.69) is 4.98 Å². The standard InChI is InChI=1S/C13H17N3O2/c1-15(13(18)8-17)6-5-10-3-4-12-11(7-10)14-9-16(12)2/h3-4,7,9,17H,5-6,8H2,1-2H3. The van der Waals surface area contributed by atoms with E-state index in [0.29, 0.717) is 6.54 Å². The van der Waals surface area contributed by atoms with E-state index in [1.54, 1.807) is 13.4 Å². The average molecular weight is 247 g/mol. The van der Waals surface area contributed by atoms with Gasteiger partial charge in [-0.2, -0.15) is 0 Å². The third kappa shape index (κ3) is 2.51. The van der Waals surface area contributed by atoms with Crippen LogP contribution in [0.1, 0.15) is 5.56 Å². The number of rotatable bonds is 4. The van der Waals surface area contributed by atoms with E-state index in [1.807, 2.05) is 29.8 Å². The molecule has 0 fully saturated rings. The van der Waals surface area contributed by atoms with E-state index in [1.165, 1.54) is 4.90 Å². The molecule has 1 aromatic heterocycles. The van der Waals surface area contributed by atoms with Crippen molar-refractivity contribution in [1.82, 2.24) is 14.5 Å². The molecule has 0 bridgehead atoms. The highest BCUT2D eigenvalue weighted by Gasteiger charge is 2.07. The predicted molar refractivity (Wildman–Crippen MR) is 69.1 cm³/mol. The molecule has 5 heteroatoms. The summed E-state index contributed by atoms with van der Waals surface area (Å²) in [6.45, 7) is 0.160. The number of carbonyl (C=O) groups is 1. The molecule has 0 spiro atoms. The first-order chi connectivity index (χ1) is 8.61. The van der Waals surface area contributed by atoms with Gasteiger partial charge in [0.05, 0.1) is 17.4 Å². The molecule has 2 rings (SSSR count). The van der Waals surface area contributed by atoms with Gasteiger partial charge in [-0.15, -0.1) is 0 Å². The molecule has 0 aliphatic carbocycles. The van der Waals surface area contributed by atoms with Crippen LogP contribution in [-0.2, 0) is 18.3 Å². The Hall–Kier alpha value is -1.88. The third-order valence-corrected chi connectivity index (χ3v) is 3.09. The molecule has 0 unspecified atom stereocenters. The summed E-state index contributed by atoms with van der Waals surface area (Å²) in [7, 11) is 3.65. The number of likely N-dealkylation sites (N-methyl/N-ethyl adjacent to an activating group) is 1. The Kier molecular flexibility index (Phi) is 3.62. The van der Waals surface area contributed by atoms with Crippen LogP contribution in [-0.4, -0.2) is 45.7 Å². The monoisotopic (exact) mass is 247 g/mol. The summed E-state index contributed by atoms with van der Waals surface area (Å²) in [5.74, 6) is -0.256. The van der Waals surface area contributed by atoms with Gasteiger partial charge in [0.25, 0.3) is 0 Å². The number of benzene rings is 1. The zero-order chi connectivity index (χ0) is 13.1. The van der Waals surface area contributed by atoms with Crippen LogP contribution >= 0.6 is 0 Å². The summed E-state index contributed by atoms with van der Waals surface area (Å²) in [4.78, 5) is 17.0. The van der Waals surface area contributed by atoms with E-state index in [9.17, 15) is 4.79 Å². The van der Waals surface area contributed by atoms with Gasteiger partial charge in [-0.05, 0) is 24.1 Å². The van der Waals surface area contributed by atoms with Crippen molar-refractivity contribution in [3.63, 3.8) is 0 Å². The van der Waals surface area contributed by atoms with Crippen molar-refractivity contribution < 1.29 is 9.90 Å². The molecule has 2 aromatic rings. The SMILES string of the molecule is CN(CCc1ccc2c(c1)ncn2C)C(=O)CO. The smallest absolute Gasteiger partial charge is 0.248 e. The molecule has 0 aliphatic rings. The number of amides is 1. The predicted octanol–water partition coefficient (Wildman–Crippen LogP) is 0.567. The summed E-state index contributed by atoms with van der Waals surface area (Å²) in [5, 5.41) is 8.74. The van der Waals surface area contributed by atoms with Crippen molar-refractivity contribution in [2.24, 2.45) is 7.05 Å². The maximum absolute atomic E-state index is 11.2. The Balaban J connectivity index is 2.06. The summed E-state index contributed by atoms with van der Waals surface area (Å²) < 4.78 is 1.97. The van der Waals surface area contributed by atoms with Gasteiger partial charge in [0, 0.05) is 20.6 Å². The van der Waals surface area contributed by atoms with Gasteiger partial charge in [0.15, 0.2) is 0 Å². The lowest BCUT2D eigenvalue weighted by molar-refractivity contribution is -0.132. The molecule has 1 aromatic carbocycles. The Morgan fingerprint density at radius 3 is 3.00 bits per heavy atom. The molecule has 1 heterocycles. The minimum Gasteiger partial charge on any atom is -0.387 e. The fourth-order valence-electron chi connectivity index (χ4n) is 1.88. The Bertz CT molecular complexity index is 562. The fourth-order valence-corrected chi connectivity index (χ4v) is 1.88. The molecule has 96 valence electrons. The topological polar surface area (TPSA) is 58.4 Å². The summed E-state index contributed by atoms with van der Waals surface area (Å²) in [5.41, 5.74) is 3.20. The van der Waals surface area contributed by atoms with Crippen LogP contribution in [0.3, 0.4) is 0 Å². The highest BCUT2D eigenvalue weighted by Crippen LogP contribution is 2.14. The summed E-state index contributed by atoms with van der Waals surface area (Å²) >= 11 is 0. The molecular weight excluding hydrogens is 230 g/mol. The van der Waals surface area contributed by atoms with Gasteiger partial charge >= 0.3 is 0 Å². The largest absolute Gasteiger partial charge is 0.387 e. The molecule has 0 aliphatic heterocycles. The first-order valence-corrected chi connectivity index (χ1v) is 5.86. The molecule has 0 atom stereocenters. The molecule has 18 heavy (non-hydrogen) atoms. The Morgan fingerprint density at radius 1 is 1.50 bits per heavy atom. The molecule has 1 amide bonds. The van der Waals surface area contributed by atoms with E-state index < -0.39 is 6.61 Å². The lowest BCUT2D eigenvalue weighted by Crippen LogP contribution is -2.31. The second kappa shape index (κ2) is 5.18. The summed E-state index contributed by atoms with van der Waals surface area (Å²) in [6.07, 6.45) is 2.55. The third-order valence-electron chi connectivity index (χ3n) is 3.09. The van der Waals surface area contributed by atoms with Gasteiger partial charge < -0.3 is 14.6 Å². The minimum atomic E-state index is -0.435. The molecule has 5 nitrogen and oxygen atoms in total. The number of aromatic nitrogens is 2. The van der Waals surface area contributed by atoms with E-state index in [4.69, 9.17) is 5.11 Å². The van der Waals surface area contributed by atoms with Crippen molar-refractivity contribution in [2.45, 2.75) is 6.42 Å². The second-order valence-corrected chi connectivity index (χ2v) is 4.40. The number of aliphatic hydroxyl groups excluding tert-OH is 1. The summed E-state index contributed by atoms with van der Waals surface area (Å²) in [6, 6.07) is 6.11. The minimum absolute atomic E-state index is 0.256. The van der Waals surface area contributed by atoms with Crippen molar-refractivity contribution in [3.05, 3.63) is 30.1 Å². The van der Waals surface area contributed by atoms with Crippen LogP contribution in [0.4, 0.5) is 0 Å². The van der Waals surface area contributed by atoms with Crippen LogP contribution in [0, 0.1) is 0 Å². The maximum Gasteiger partial charge on any atom is 0.248 e. The maximum atomic E-state index is 11.2. The second-order valence-electron chi connectivity index (χ2n) is 4.40. The van der Waals surface area contributed by atoms with Gasteiger partial charge in [0.1, 0.15) is 6.61 Å². The number of carbonyl (C=O) groups excluding carboxylic acids is 1. The first-order valence-electron chi connectivity index (χ1n) is 5.86. The molecule has 1 N–H and O–H groups in total. The number of hydrogen-bond donors (Lipinski definition) is 1. The van der Waals surface area contributed by atoms with Crippen molar-refractivity contribution in [3.8, 4) is 0 Å². The number of nitrogens with zero attached hydrogens (tertiary/aromatic N) is 3. The van der Waals surface area contributed by atoms with Crippen LogP contribution in [0.5, 0.6) is 0 Å². The lowest BCUT2D eigenvalue weighted by atomic mass is 10.1. The number of aryl methyl sites for hydroxylation is 1. The fraction of sp³-hybridized carbons (Fsp3) is 0.385. The van der Waals surface area contributed by atoms with Gasteiger partial charge in [-0.25, -0.2) is 4.98 Å². The molecule has 0 radical (unpaired) electrons. The van der Waals surface area contributed by atoms with Crippen LogP contribution in [0.2, 0.25) is 0 Å². The Labute approximate surface area is 106 Å². The number of aliphatic hydroxyl groups is 1. The molecule has 0 saturated carbocycles. The Morgan fingerprint density at radius 2 is 2.28 bits per heavy atom. The normalized spacial score (nSPS) is 10.8. The lowest BCUT2D eigenvalue weighted by Gasteiger charge is -2.15. The van der Waals surface area contributed by atoms with Crippen molar-refractivity contribution in [1.29, 1.82) is 0 Å². The zero-order valence-corrected chi connectivity index (χ0v) is 10.6. The molecular formula is C13H17N3O2. The zero-order valence-electron chi connectivity index (χ0n) is 10.6.